The average molecular weight is 216 g/mol. The third-order valence-corrected chi connectivity index (χ3v) is 3.72. The van der Waals surface area contributed by atoms with Crippen molar-refractivity contribution in [3.8, 4) is 0 Å². The van der Waals surface area contributed by atoms with Gasteiger partial charge in [0.15, 0.2) is 0 Å². The van der Waals surface area contributed by atoms with Crippen LogP contribution in [0.4, 0.5) is 5.69 Å². The van der Waals surface area contributed by atoms with Crippen LogP contribution in [0.3, 0.4) is 0 Å². The minimum atomic E-state index is 0.577. The van der Waals surface area contributed by atoms with Crippen molar-refractivity contribution >= 4 is 5.69 Å². The first kappa shape index (κ1) is 10.2. The van der Waals surface area contributed by atoms with Crippen LogP contribution in [0.25, 0.3) is 0 Å². The summed E-state index contributed by atoms with van der Waals surface area (Å²) in [7, 11) is 2.21. The molecule has 1 atom stereocenters. The second-order valence-corrected chi connectivity index (χ2v) is 5.12. The number of nitrogens with one attached hydrogen (secondary N) is 1. The molecule has 1 N–H and O–H groups in total. The number of hydrogen-bond donors (Lipinski definition) is 1. The van der Waals surface area contributed by atoms with Gasteiger partial charge in [0.05, 0.1) is 0 Å². The van der Waals surface area contributed by atoms with Crippen LogP contribution in [0.2, 0.25) is 0 Å². The predicted octanol–water partition coefficient (Wildman–Crippen LogP) is 2.71. The molecule has 2 nitrogen and oxygen atoms in total. The van der Waals surface area contributed by atoms with Crippen molar-refractivity contribution in [2.24, 2.45) is 0 Å². The minimum Gasteiger partial charge on any atom is -0.374 e. The van der Waals surface area contributed by atoms with Crippen molar-refractivity contribution in [3.05, 3.63) is 29.8 Å². The molecule has 0 bridgehead atoms. The van der Waals surface area contributed by atoms with E-state index in [1.165, 1.54) is 43.5 Å². The lowest BCUT2D eigenvalue weighted by molar-refractivity contribution is 0.494. The molecule has 2 aliphatic rings. The number of rotatable bonds is 2. The zero-order chi connectivity index (χ0) is 11.0. The number of nitrogens with zero attached hydrogens (tertiary/aromatic N) is 1. The molecule has 86 valence electrons. The van der Waals surface area contributed by atoms with Gasteiger partial charge in [0, 0.05) is 31.4 Å². The second-order valence-electron chi connectivity index (χ2n) is 5.12. The van der Waals surface area contributed by atoms with E-state index in [0.29, 0.717) is 6.04 Å². The van der Waals surface area contributed by atoms with Gasteiger partial charge in [0.25, 0.3) is 0 Å². The van der Waals surface area contributed by atoms with E-state index in [9.17, 15) is 0 Å². The first-order valence-corrected chi connectivity index (χ1v) is 6.41. The first-order chi connectivity index (χ1) is 7.84. The molecule has 1 unspecified atom stereocenters. The quantitative estimate of drug-likeness (QED) is 0.817. The van der Waals surface area contributed by atoms with Crippen LogP contribution in [-0.2, 0) is 0 Å². The molecule has 1 aromatic carbocycles. The van der Waals surface area contributed by atoms with Gasteiger partial charge in [0.2, 0.25) is 0 Å². The molecule has 1 saturated carbocycles. The molecule has 1 aromatic rings. The van der Waals surface area contributed by atoms with Crippen molar-refractivity contribution in [2.45, 2.75) is 37.8 Å². The summed E-state index contributed by atoms with van der Waals surface area (Å²) in [4.78, 5) is 2.39. The van der Waals surface area contributed by atoms with Crippen molar-refractivity contribution in [1.29, 1.82) is 0 Å². The summed E-state index contributed by atoms with van der Waals surface area (Å²) in [5.74, 6) is 0. The van der Waals surface area contributed by atoms with Gasteiger partial charge in [-0.1, -0.05) is 18.2 Å². The van der Waals surface area contributed by atoms with Crippen LogP contribution in [0.5, 0.6) is 0 Å². The lowest BCUT2D eigenvalue weighted by atomic mass is 10.0. The Hall–Kier alpha value is -1.02. The predicted molar refractivity (Wildman–Crippen MR) is 67.8 cm³/mol. The zero-order valence-corrected chi connectivity index (χ0v) is 9.95. The van der Waals surface area contributed by atoms with Crippen molar-refractivity contribution in [2.75, 3.05) is 18.5 Å². The van der Waals surface area contributed by atoms with Crippen molar-refractivity contribution < 1.29 is 0 Å². The molecule has 1 aliphatic carbocycles. The van der Waals surface area contributed by atoms with Crippen LogP contribution in [0.1, 0.15) is 37.3 Å². The van der Waals surface area contributed by atoms with Gasteiger partial charge in [-0.25, -0.2) is 0 Å². The van der Waals surface area contributed by atoms with Crippen LogP contribution in [0.15, 0.2) is 24.3 Å². The second kappa shape index (κ2) is 4.10. The van der Waals surface area contributed by atoms with Gasteiger partial charge in [-0.05, 0) is 37.3 Å². The standard InChI is InChI=1S/C14H20N2/c1-16-10-4-6-13(15-11-8-9-11)12-5-2-3-7-14(12)16/h2-3,5,7,11,13,15H,4,6,8-10H2,1H3. The minimum absolute atomic E-state index is 0.577. The van der Waals surface area contributed by atoms with Gasteiger partial charge >= 0.3 is 0 Å². The number of benzene rings is 1. The molecule has 0 aromatic heterocycles. The lowest BCUT2D eigenvalue weighted by Gasteiger charge is -2.22. The number of fused-ring (bicyclic) bond motifs is 1. The summed E-state index contributed by atoms with van der Waals surface area (Å²) in [6.07, 6.45) is 5.30. The molecule has 1 heterocycles. The summed E-state index contributed by atoms with van der Waals surface area (Å²) in [6.45, 7) is 1.18. The SMILES string of the molecule is CN1CCCC(NC2CC2)c2ccccc21. The van der Waals surface area contributed by atoms with Gasteiger partial charge in [-0.3, -0.25) is 0 Å². The lowest BCUT2D eigenvalue weighted by Crippen LogP contribution is -2.23. The van der Waals surface area contributed by atoms with Crippen LogP contribution >= 0.6 is 0 Å². The Labute approximate surface area is 97.6 Å². The summed E-state index contributed by atoms with van der Waals surface area (Å²) in [5.41, 5.74) is 2.91. The van der Waals surface area contributed by atoms with Gasteiger partial charge in [-0.15, -0.1) is 0 Å². The summed E-state index contributed by atoms with van der Waals surface area (Å²) in [6, 6.07) is 10.2. The molecule has 1 fully saturated rings. The highest BCUT2D eigenvalue weighted by Crippen LogP contribution is 2.34. The highest BCUT2D eigenvalue weighted by Gasteiger charge is 2.27. The van der Waals surface area contributed by atoms with Crippen LogP contribution in [-0.4, -0.2) is 19.6 Å². The monoisotopic (exact) mass is 216 g/mol. The fourth-order valence-corrected chi connectivity index (χ4v) is 2.65. The third kappa shape index (κ3) is 1.94. The van der Waals surface area contributed by atoms with E-state index in [4.69, 9.17) is 0 Å². The third-order valence-electron chi connectivity index (χ3n) is 3.72. The fourth-order valence-electron chi connectivity index (χ4n) is 2.65. The Morgan fingerprint density at radius 3 is 2.81 bits per heavy atom. The fraction of sp³-hybridized carbons (Fsp3) is 0.571. The molecular weight excluding hydrogens is 196 g/mol. The number of para-hydroxylation sites is 1. The molecule has 1 aliphatic heterocycles. The highest BCUT2D eigenvalue weighted by atomic mass is 15.1. The summed E-state index contributed by atoms with van der Waals surface area (Å²) >= 11 is 0. The van der Waals surface area contributed by atoms with E-state index in [-0.39, 0.29) is 0 Å². The number of hydrogen-bond acceptors (Lipinski definition) is 2. The number of anilines is 1. The maximum Gasteiger partial charge on any atom is 0.0412 e. The first-order valence-electron chi connectivity index (χ1n) is 6.41. The van der Waals surface area contributed by atoms with Gasteiger partial charge in [0.1, 0.15) is 0 Å². The van der Waals surface area contributed by atoms with Gasteiger partial charge < -0.3 is 10.2 Å². The van der Waals surface area contributed by atoms with E-state index >= 15 is 0 Å². The molecule has 0 saturated heterocycles. The Kier molecular flexibility index (Phi) is 2.60. The molecule has 0 spiro atoms. The van der Waals surface area contributed by atoms with E-state index in [0.717, 1.165) is 6.04 Å². The smallest absolute Gasteiger partial charge is 0.0412 e. The molecule has 0 amide bonds. The van der Waals surface area contributed by atoms with Crippen molar-refractivity contribution in [3.63, 3.8) is 0 Å². The molecule has 2 heteroatoms. The maximum absolute atomic E-state index is 3.78. The molecule has 0 radical (unpaired) electrons. The largest absolute Gasteiger partial charge is 0.374 e. The summed E-state index contributed by atoms with van der Waals surface area (Å²) in [5, 5.41) is 3.78. The Morgan fingerprint density at radius 2 is 2.00 bits per heavy atom. The van der Waals surface area contributed by atoms with Crippen LogP contribution in [0, 0.1) is 0 Å². The van der Waals surface area contributed by atoms with E-state index in [1.54, 1.807) is 0 Å². The zero-order valence-electron chi connectivity index (χ0n) is 9.95. The van der Waals surface area contributed by atoms with E-state index in [1.807, 2.05) is 0 Å². The average Bonchev–Trinajstić information content (AvgIpc) is 3.11. The van der Waals surface area contributed by atoms with Gasteiger partial charge in [-0.2, -0.15) is 0 Å². The Bertz CT molecular complexity index is 371. The van der Waals surface area contributed by atoms with E-state index < -0.39 is 0 Å². The Balaban J connectivity index is 1.91. The highest BCUT2D eigenvalue weighted by molar-refractivity contribution is 5.55. The van der Waals surface area contributed by atoms with Crippen molar-refractivity contribution in [1.82, 2.24) is 5.32 Å². The Morgan fingerprint density at radius 1 is 1.19 bits per heavy atom. The topological polar surface area (TPSA) is 15.3 Å². The normalized spacial score (nSPS) is 25.1. The van der Waals surface area contributed by atoms with Crippen LogP contribution < -0.4 is 10.2 Å². The van der Waals surface area contributed by atoms with E-state index in [2.05, 4.69) is 41.5 Å². The molecular formula is C14H20N2. The summed E-state index contributed by atoms with van der Waals surface area (Å²) < 4.78 is 0. The molecule has 16 heavy (non-hydrogen) atoms. The maximum atomic E-state index is 3.78. The molecule has 3 rings (SSSR count).